The van der Waals surface area contributed by atoms with E-state index in [0.717, 1.165) is 49.0 Å². The van der Waals surface area contributed by atoms with Gasteiger partial charge in [0.1, 0.15) is 11.5 Å². The van der Waals surface area contributed by atoms with E-state index < -0.39 is 0 Å². The van der Waals surface area contributed by atoms with Gasteiger partial charge in [-0.2, -0.15) is 16.4 Å². The zero-order valence-corrected chi connectivity index (χ0v) is 16.5. The summed E-state index contributed by atoms with van der Waals surface area (Å²) in [7, 11) is 0. The van der Waals surface area contributed by atoms with Crippen molar-refractivity contribution >= 4 is 17.2 Å². The lowest BCUT2D eigenvalue weighted by Gasteiger charge is -2.33. The van der Waals surface area contributed by atoms with E-state index in [2.05, 4.69) is 31.9 Å². The first-order valence-electron chi connectivity index (χ1n) is 9.59. The van der Waals surface area contributed by atoms with Crippen LogP contribution in [0.2, 0.25) is 0 Å². The van der Waals surface area contributed by atoms with Crippen LogP contribution in [0.1, 0.15) is 53.9 Å². The van der Waals surface area contributed by atoms with Gasteiger partial charge in [-0.15, -0.1) is 10.2 Å². The van der Waals surface area contributed by atoms with Gasteiger partial charge in [-0.25, -0.2) is 0 Å². The molecule has 2 aliphatic rings. The number of thiophene rings is 1. The molecule has 1 amide bonds. The third-order valence-electron chi connectivity index (χ3n) is 5.55. The molecule has 9 heteroatoms. The summed E-state index contributed by atoms with van der Waals surface area (Å²) < 4.78 is 7.70. The SMILES string of the molecule is C[C@H]1CN(C(=O)c2cc(-c3ccsc3)n[nH]2)Cc2nnc(C3CCOCC3)n21. The molecule has 3 aromatic rings. The van der Waals surface area contributed by atoms with Crippen molar-refractivity contribution in [2.75, 3.05) is 19.8 Å². The molecule has 0 aliphatic carbocycles. The molecule has 0 unspecified atom stereocenters. The molecule has 1 saturated heterocycles. The van der Waals surface area contributed by atoms with Crippen LogP contribution in [-0.2, 0) is 11.3 Å². The second-order valence-electron chi connectivity index (χ2n) is 7.44. The van der Waals surface area contributed by atoms with E-state index in [1.807, 2.05) is 27.8 Å². The number of fused-ring (bicyclic) bond motifs is 1. The van der Waals surface area contributed by atoms with Crippen LogP contribution >= 0.6 is 11.3 Å². The zero-order valence-electron chi connectivity index (χ0n) is 15.7. The molecule has 146 valence electrons. The number of H-pyrrole nitrogens is 1. The predicted octanol–water partition coefficient (Wildman–Crippen LogP) is 2.84. The summed E-state index contributed by atoms with van der Waals surface area (Å²) >= 11 is 1.61. The Bertz CT molecular complexity index is 973. The van der Waals surface area contributed by atoms with Crippen molar-refractivity contribution in [3.8, 4) is 11.3 Å². The summed E-state index contributed by atoms with van der Waals surface area (Å²) in [5, 5.41) is 20.1. The fourth-order valence-corrected chi connectivity index (χ4v) is 4.76. The molecule has 5 heterocycles. The van der Waals surface area contributed by atoms with Crippen LogP contribution in [0.25, 0.3) is 11.3 Å². The van der Waals surface area contributed by atoms with Crippen molar-refractivity contribution in [1.29, 1.82) is 0 Å². The zero-order chi connectivity index (χ0) is 19.1. The Balaban J connectivity index is 1.36. The highest BCUT2D eigenvalue weighted by molar-refractivity contribution is 7.08. The minimum Gasteiger partial charge on any atom is -0.381 e. The molecule has 3 aromatic heterocycles. The first-order valence-corrected chi connectivity index (χ1v) is 10.5. The maximum atomic E-state index is 13.0. The van der Waals surface area contributed by atoms with E-state index in [0.29, 0.717) is 24.7 Å². The number of carbonyl (C=O) groups excluding carboxylic acids is 1. The molecule has 0 radical (unpaired) electrons. The smallest absolute Gasteiger partial charge is 0.272 e. The van der Waals surface area contributed by atoms with Crippen LogP contribution in [0.4, 0.5) is 0 Å². The standard InChI is InChI=1S/C19H22N6O2S/c1-12-9-24(19(26)16-8-15(20-21-16)14-4-7-28-11-14)10-17-22-23-18(25(12)17)13-2-5-27-6-3-13/h4,7-8,11-13H,2-3,5-6,9-10H2,1H3,(H,20,21)/t12-/m0/s1. The lowest BCUT2D eigenvalue weighted by Crippen LogP contribution is -2.41. The Hall–Kier alpha value is -2.52. The summed E-state index contributed by atoms with van der Waals surface area (Å²) in [5.74, 6) is 2.23. The number of hydrogen-bond acceptors (Lipinski definition) is 6. The van der Waals surface area contributed by atoms with Gasteiger partial charge in [0.05, 0.1) is 18.3 Å². The summed E-state index contributed by atoms with van der Waals surface area (Å²) in [6.07, 6.45) is 1.96. The van der Waals surface area contributed by atoms with Crippen molar-refractivity contribution in [3.05, 3.63) is 40.2 Å². The van der Waals surface area contributed by atoms with Crippen molar-refractivity contribution in [2.24, 2.45) is 0 Å². The number of ether oxygens (including phenoxy) is 1. The number of rotatable bonds is 3. The second-order valence-corrected chi connectivity index (χ2v) is 8.22. The average Bonchev–Trinajstić information content (AvgIpc) is 3.47. The minimum absolute atomic E-state index is 0.0531. The largest absolute Gasteiger partial charge is 0.381 e. The first-order chi connectivity index (χ1) is 13.7. The lowest BCUT2D eigenvalue weighted by molar-refractivity contribution is 0.0663. The third-order valence-corrected chi connectivity index (χ3v) is 6.23. The maximum Gasteiger partial charge on any atom is 0.272 e. The van der Waals surface area contributed by atoms with Crippen LogP contribution in [0.15, 0.2) is 22.9 Å². The molecule has 0 bridgehead atoms. The average molecular weight is 398 g/mol. The first kappa shape index (κ1) is 17.6. The number of nitrogens with one attached hydrogen (secondary N) is 1. The summed E-state index contributed by atoms with van der Waals surface area (Å²) in [6.45, 7) is 4.77. The normalized spacial score (nSPS) is 20.3. The van der Waals surface area contributed by atoms with Gasteiger partial charge in [-0.05, 0) is 37.3 Å². The van der Waals surface area contributed by atoms with Gasteiger partial charge in [0.2, 0.25) is 0 Å². The maximum absolute atomic E-state index is 13.0. The van der Waals surface area contributed by atoms with Gasteiger partial charge in [0.15, 0.2) is 5.82 Å². The van der Waals surface area contributed by atoms with Gasteiger partial charge >= 0.3 is 0 Å². The Morgan fingerprint density at radius 3 is 2.96 bits per heavy atom. The lowest BCUT2D eigenvalue weighted by atomic mass is 9.99. The summed E-state index contributed by atoms with van der Waals surface area (Å²) in [6, 6.07) is 3.96. The molecular formula is C19H22N6O2S. The van der Waals surface area contributed by atoms with E-state index in [1.54, 1.807) is 11.3 Å². The highest BCUT2D eigenvalue weighted by atomic mass is 32.1. The van der Waals surface area contributed by atoms with Gasteiger partial charge in [0, 0.05) is 36.6 Å². The Morgan fingerprint density at radius 1 is 1.32 bits per heavy atom. The van der Waals surface area contributed by atoms with E-state index in [4.69, 9.17) is 4.74 Å². The predicted molar refractivity (Wildman–Crippen MR) is 104 cm³/mol. The van der Waals surface area contributed by atoms with E-state index in [9.17, 15) is 4.79 Å². The van der Waals surface area contributed by atoms with Crippen molar-refractivity contribution in [3.63, 3.8) is 0 Å². The van der Waals surface area contributed by atoms with Crippen LogP contribution < -0.4 is 0 Å². The Labute approximate surface area is 166 Å². The number of nitrogens with zero attached hydrogens (tertiary/aromatic N) is 5. The quantitative estimate of drug-likeness (QED) is 0.733. The molecule has 0 aromatic carbocycles. The highest BCUT2D eigenvalue weighted by Crippen LogP contribution is 2.31. The molecule has 28 heavy (non-hydrogen) atoms. The van der Waals surface area contributed by atoms with Crippen molar-refractivity contribution < 1.29 is 9.53 Å². The number of hydrogen-bond donors (Lipinski definition) is 1. The fraction of sp³-hybridized carbons (Fsp3) is 0.474. The molecule has 1 fully saturated rings. The highest BCUT2D eigenvalue weighted by Gasteiger charge is 2.33. The van der Waals surface area contributed by atoms with Gasteiger partial charge in [-0.1, -0.05) is 0 Å². The Morgan fingerprint density at radius 2 is 2.18 bits per heavy atom. The van der Waals surface area contributed by atoms with Crippen LogP contribution in [0.5, 0.6) is 0 Å². The number of amides is 1. The number of carbonyl (C=O) groups is 1. The summed E-state index contributed by atoms with van der Waals surface area (Å²) in [5.41, 5.74) is 2.32. The molecule has 0 spiro atoms. The van der Waals surface area contributed by atoms with E-state index in [1.165, 1.54) is 0 Å². The number of aromatic nitrogens is 5. The van der Waals surface area contributed by atoms with Crippen LogP contribution in [0.3, 0.4) is 0 Å². The van der Waals surface area contributed by atoms with Crippen molar-refractivity contribution in [1.82, 2.24) is 29.9 Å². The molecule has 5 rings (SSSR count). The van der Waals surface area contributed by atoms with E-state index >= 15 is 0 Å². The number of aromatic amines is 1. The molecule has 0 saturated carbocycles. The summed E-state index contributed by atoms with van der Waals surface area (Å²) in [4.78, 5) is 14.9. The second kappa shape index (κ2) is 7.14. The van der Waals surface area contributed by atoms with E-state index in [-0.39, 0.29) is 11.9 Å². The molecular weight excluding hydrogens is 376 g/mol. The molecule has 2 aliphatic heterocycles. The van der Waals surface area contributed by atoms with Crippen LogP contribution in [0, 0.1) is 0 Å². The molecule has 1 atom stereocenters. The third kappa shape index (κ3) is 3.04. The monoisotopic (exact) mass is 398 g/mol. The molecule has 1 N–H and O–H groups in total. The molecule has 8 nitrogen and oxygen atoms in total. The minimum atomic E-state index is -0.0531. The van der Waals surface area contributed by atoms with Gasteiger partial charge in [-0.3, -0.25) is 9.89 Å². The van der Waals surface area contributed by atoms with Gasteiger partial charge < -0.3 is 14.2 Å². The van der Waals surface area contributed by atoms with Gasteiger partial charge in [0.25, 0.3) is 5.91 Å². The fourth-order valence-electron chi connectivity index (χ4n) is 4.11. The Kier molecular flexibility index (Phi) is 4.48. The topological polar surface area (TPSA) is 88.9 Å². The van der Waals surface area contributed by atoms with Crippen LogP contribution in [-0.4, -0.2) is 55.5 Å². The van der Waals surface area contributed by atoms with Crippen molar-refractivity contribution in [2.45, 2.75) is 38.3 Å².